The molecule has 0 unspecified atom stereocenters. The van der Waals surface area contributed by atoms with Crippen molar-refractivity contribution in [3.8, 4) is 22.8 Å². The maximum atomic E-state index is 12.6. The maximum absolute atomic E-state index is 12.6. The van der Waals surface area contributed by atoms with E-state index in [-0.39, 0.29) is 5.91 Å². The molecule has 3 rings (SSSR count). The molecule has 0 bridgehead atoms. The van der Waals surface area contributed by atoms with Gasteiger partial charge in [-0.3, -0.25) is 10.1 Å². The van der Waals surface area contributed by atoms with Crippen molar-refractivity contribution in [3.05, 3.63) is 57.9 Å². The van der Waals surface area contributed by atoms with Gasteiger partial charge in [-0.1, -0.05) is 31.0 Å². The van der Waals surface area contributed by atoms with Crippen LogP contribution in [0.25, 0.3) is 11.3 Å². The fourth-order valence-electron chi connectivity index (χ4n) is 2.81. The van der Waals surface area contributed by atoms with Crippen LogP contribution >= 0.6 is 22.9 Å². The molecule has 7 heteroatoms. The topological polar surface area (TPSA) is 60.5 Å². The Hall–Kier alpha value is -2.57. The molecule has 0 fully saturated rings. The van der Waals surface area contributed by atoms with Gasteiger partial charge in [0.15, 0.2) is 5.13 Å². The van der Waals surface area contributed by atoms with Crippen LogP contribution in [0, 0.1) is 0 Å². The molecule has 1 aromatic heterocycles. The Morgan fingerprint density at radius 1 is 1.18 bits per heavy atom. The molecule has 3 aromatic rings. The minimum Gasteiger partial charge on any atom is -0.497 e. The molecule has 0 aliphatic carbocycles. The lowest BCUT2D eigenvalue weighted by atomic mass is 10.1. The first kappa shape index (κ1) is 20.2. The summed E-state index contributed by atoms with van der Waals surface area (Å²) in [5, 5.41) is 3.93. The zero-order valence-electron chi connectivity index (χ0n) is 15.9. The SMILES string of the molecule is CCCc1sc(NC(=O)c2cccc(Cl)c2)nc1-c1cc(OC)ccc1OC. The molecule has 1 amide bonds. The number of ether oxygens (including phenoxy) is 2. The number of benzene rings is 2. The standard InChI is InChI=1S/C21H21ClN2O3S/c1-4-6-18-19(16-12-15(26-2)9-10-17(16)27-3)23-21(28-18)24-20(25)13-7-5-8-14(22)11-13/h5,7-12H,4,6H2,1-3H3,(H,23,24,25). The van der Waals surface area contributed by atoms with Gasteiger partial charge in [-0.15, -0.1) is 11.3 Å². The fraction of sp³-hybridized carbons (Fsp3) is 0.238. The maximum Gasteiger partial charge on any atom is 0.257 e. The Morgan fingerprint density at radius 2 is 2.00 bits per heavy atom. The molecule has 1 heterocycles. The van der Waals surface area contributed by atoms with E-state index < -0.39 is 0 Å². The highest BCUT2D eigenvalue weighted by atomic mass is 35.5. The molecular formula is C21H21ClN2O3S. The normalized spacial score (nSPS) is 10.6. The molecule has 0 spiro atoms. The third-order valence-electron chi connectivity index (χ3n) is 4.14. The number of halogens is 1. The molecule has 0 radical (unpaired) electrons. The van der Waals surface area contributed by atoms with Crippen molar-refractivity contribution in [3.63, 3.8) is 0 Å². The van der Waals surface area contributed by atoms with E-state index in [2.05, 4.69) is 17.2 Å². The van der Waals surface area contributed by atoms with E-state index in [4.69, 9.17) is 21.1 Å². The van der Waals surface area contributed by atoms with Crippen molar-refractivity contribution in [1.29, 1.82) is 0 Å². The summed E-state index contributed by atoms with van der Waals surface area (Å²) in [5.41, 5.74) is 2.12. The Morgan fingerprint density at radius 3 is 2.68 bits per heavy atom. The van der Waals surface area contributed by atoms with Gasteiger partial charge in [0.05, 0.1) is 19.9 Å². The smallest absolute Gasteiger partial charge is 0.257 e. The Balaban J connectivity index is 1.97. The number of nitrogens with zero attached hydrogens (tertiary/aromatic N) is 1. The summed E-state index contributed by atoms with van der Waals surface area (Å²) >= 11 is 7.45. The summed E-state index contributed by atoms with van der Waals surface area (Å²) in [6, 6.07) is 12.4. The molecular weight excluding hydrogens is 396 g/mol. The van der Waals surface area contributed by atoms with E-state index >= 15 is 0 Å². The van der Waals surface area contributed by atoms with Crippen LogP contribution in [0.3, 0.4) is 0 Å². The summed E-state index contributed by atoms with van der Waals surface area (Å²) in [4.78, 5) is 18.3. The minimum absolute atomic E-state index is 0.247. The van der Waals surface area contributed by atoms with E-state index in [0.717, 1.165) is 34.7 Å². The Bertz CT molecular complexity index is 988. The van der Waals surface area contributed by atoms with Crippen LogP contribution in [0.15, 0.2) is 42.5 Å². The molecule has 146 valence electrons. The van der Waals surface area contributed by atoms with Gasteiger partial charge < -0.3 is 9.47 Å². The van der Waals surface area contributed by atoms with Crippen LogP contribution in [0.2, 0.25) is 5.02 Å². The molecule has 5 nitrogen and oxygen atoms in total. The first-order valence-electron chi connectivity index (χ1n) is 8.84. The quantitative estimate of drug-likeness (QED) is 0.537. The third kappa shape index (κ3) is 4.46. The van der Waals surface area contributed by atoms with Crippen LogP contribution < -0.4 is 14.8 Å². The van der Waals surface area contributed by atoms with Gasteiger partial charge in [-0.05, 0) is 42.8 Å². The van der Waals surface area contributed by atoms with Crippen LogP contribution in [0.4, 0.5) is 5.13 Å². The number of thiazole rings is 1. The molecule has 28 heavy (non-hydrogen) atoms. The number of amides is 1. The second kappa shape index (κ2) is 9.08. The van der Waals surface area contributed by atoms with Gasteiger partial charge >= 0.3 is 0 Å². The molecule has 0 saturated carbocycles. The molecule has 0 atom stereocenters. The van der Waals surface area contributed by atoms with Crippen LogP contribution in [0.1, 0.15) is 28.6 Å². The lowest BCUT2D eigenvalue weighted by molar-refractivity contribution is 0.102. The number of carbonyl (C=O) groups excluding carboxylic acids is 1. The van der Waals surface area contributed by atoms with Gasteiger partial charge in [0.1, 0.15) is 11.5 Å². The van der Waals surface area contributed by atoms with Crippen molar-refractivity contribution in [1.82, 2.24) is 4.98 Å². The van der Waals surface area contributed by atoms with Crippen molar-refractivity contribution < 1.29 is 14.3 Å². The van der Waals surface area contributed by atoms with E-state index in [1.165, 1.54) is 11.3 Å². The summed E-state index contributed by atoms with van der Waals surface area (Å²) in [6.07, 6.45) is 1.81. The first-order chi connectivity index (χ1) is 13.5. The van der Waals surface area contributed by atoms with Gasteiger partial charge in [0, 0.05) is 21.0 Å². The number of aromatic nitrogens is 1. The van der Waals surface area contributed by atoms with Gasteiger partial charge in [0.2, 0.25) is 0 Å². The predicted molar refractivity (Wildman–Crippen MR) is 114 cm³/mol. The number of rotatable bonds is 7. The number of nitrogens with one attached hydrogen (secondary N) is 1. The summed E-state index contributed by atoms with van der Waals surface area (Å²) in [6.45, 7) is 2.11. The highest BCUT2D eigenvalue weighted by Gasteiger charge is 2.19. The van der Waals surface area contributed by atoms with Gasteiger partial charge in [-0.2, -0.15) is 0 Å². The zero-order valence-corrected chi connectivity index (χ0v) is 17.5. The lowest BCUT2D eigenvalue weighted by Gasteiger charge is -2.10. The van der Waals surface area contributed by atoms with E-state index in [1.807, 2.05) is 18.2 Å². The Kier molecular flexibility index (Phi) is 6.54. The molecule has 1 N–H and O–H groups in total. The third-order valence-corrected chi connectivity index (χ3v) is 5.41. The van der Waals surface area contributed by atoms with Crippen molar-refractivity contribution >= 4 is 34.0 Å². The number of hydrogen-bond acceptors (Lipinski definition) is 5. The number of anilines is 1. The summed E-state index contributed by atoms with van der Waals surface area (Å²) in [5.74, 6) is 1.18. The second-order valence-corrected chi connectivity index (χ2v) is 7.59. The largest absolute Gasteiger partial charge is 0.497 e. The number of carbonyl (C=O) groups is 1. The van der Waals surface area contributed by atoms with Gasteiger partial charge in [0.25, 0.3) is 5.91 Å². The predicted octanol–water partition coefficient (Wildman–Crippen LogP) is 5.69. The molecule has 0 saturated heterocycles. The van der Waals surface area contributed by atoms with Gasteiger partial charge in [-0.25, -0.2) is 4.98 Å². The summed E-state index contributed by atoms with van der Waals surface area (Å²) in [7, 11) is 3.25. The van der Waals surface area contributed by atoms with Crippen LogP contribution in [-0.4, -0.2) is 25.1 Å². The number of aryl methyl sites for hydroxylation is 1. The monoisotopic (exact) mass is 416 g/mol. The number of hydrogen-bond donors (Lipinski definition) is 1. The van der Waals surface area contributed by atoms with Crippen LogP contribution in [-0.2, 0) is 6.42 Å². The van der Waals surface area contributed by atoms with E-state index in [1.54, 1.807) is 38.5 Å². The summed E-state index contributed by atoms with van der Waals surface area (Å²) < 4.78 is 10.9. The lowest BCUT2D eigenvalue weighted by Crippen LogP contribution is -2.11. The average Bonchev–Trinajstić information content (AvgIpc) is 3.09. The van der Waals surface area contributed by atoms with E-state index in [9.17, 15) is 4.79 Å². The first-order valence-corrected chi connectivity index (χ1v) is 10.0. The second-order valence-electron chi connectivity index (χ2n) is 6.07. The minimum atomic E-state index is -0.247. The highest BCUT2D eigenvalue weighted by molar-refractivity contribution is 7.16. The van der Waals surface area contributed by atoms with E-state index in [0.29, 0.717) is 21.5 Å². The molecule has 2 aromatic carbocycles. The number of methoxy groups -OCH3 is 2. The van der Waals surface area contributed by atoms with Crippen molar-refractivity contribution in [2.45, 2.75) is 19.8 Å². The molecule has 0 aliphatic heterocycles. The Labute approximate surface area is 173 Å². The fourth-order valence-corrected chi connectivity index (χ4v) is 4.07. The highest BCUT2D eigenvalue weighted by Crippen LogP contribution is 2.39. The zero-order chi connectivity index (χ0) is 20.1. The van der Waals surface area contributed by atoms with Crippen molar-refractivity contribution in [2.24, 2.45) is 0 Å². The molecule has 0 aliphatic rings. The van der Waals surface area contributed by atoms with Crippen molar-refractivity contribution in [2.75, 3.05) is 19.5 Å². The average molecular weight is 417 g/mol. The van der Waals surface area contributed by atoms with Crippen LogP contribution in [0.5, 0.6) is 11.5 Å².